The van der Waals surface area contributed by atoms with E-state index in [-0.39, 0.29) is 17.9 Å². The third-order valence-electron chi connectivity index (χ3n) is 3.99. The summed E-state index contributed by atoms with van der Waals surface area (Å²) in [6.07, 6.45) is 0.736. The van der Waals surface area contributed by atoms with Gasteiger partial charge in [0.15, 0.2) is 0 Å². The highest BCUT2D eigenvalue weighted by Gasteiger charge is 2.15. The van der Waals surface area contributed by atoms with Gasteiger partial charge >= 0.3 is 0 Å². The lowest BCUT2D eigenvalue weighted by atomic mass is 10.1. The molecule has 6 nitrogen and oxygen atoms in total. The molecule has 2 amide bonds. The first-order chi connectivity index (χ1) is 13.1. The molecular weight excluding hydrogens is 360 g/mol. The van der Waals surface area contributed by atoms with Crippen molar-refractivity contribution in [2.24, 2.45) is 0 Å². The zero-order valence-corrected chi connectivity index (χ0v) is 15.9. The first-order valence-corrected chi connectivity index (χ1v) is 9.48. The number of rotatable bonds is 6. The average Bonchev–Trinajstić information content (AvgIpc) is 3.18. The maximum Gasteiger partial charge on any atom is 0.286 e. The third-order valence-corrected chi connectivity index (χ3v) is 5.06. The van der Waals surface area contributed by atoms with Gasteiger partial charge in [-0.1, -0.05) is 54.7 Å². The van der Waals surface area contributed by atoms with Crippen LogP contribution in [0.2, 0.25) is 0 Å². The zero-order chi connectivity index (χ0) is 19.2. The van der Waals surface area contributed by atoms with E-state index in [1.807, 2.05) is 44.2 Å². The van der Waals surface area contributed by atoms with Crippen molar-refractivity contribution in [3.05, 3.63) is 75.7 Å². The van der Waals surface area contributed by atoms with Crippen LogP contribution < -0.4 is 10.6 Å². The van der Waals surface area contributed by atoms with E-state index in [2.05, 4.69) is 20.8 Å². The van der Waals surface area contributed by atoms with Crippen molar-refractivity contribution >= 4 is 28.8 Å². The molecule has 0 aliphatic heterocycles. The molecule has 0 spiro atoms. The average molecular weight is 380 g/mol. The Hall–Kier alpha value is -3.06. The smallest absolute Gasteiger partial charge is 0.286 e. The van der Waals surface area contributed by atoms with Gasteiger partial charge in [-0.25, -0.2) is 0 Å². The molecule has 3 rings (SSSR count). The number of hydrogen-bond acceptors (Lipinski definition) is 5. The van der Waals surface area contributed by atoms with E-state index in [4.69, 9.17) is 0 Å². The van der Waals surface area contributed by atoms with Gasteiger partial charge in [-0.05, 0) is 37.1 Å². The summed E-state index contributed by atoms with van der Waals surface area (Å²) in [5.74, 6) is -0.533. The van der Waals surface area contributed by atoms with Crippen LogP contribution in [0.3, 0.4) is 0 Å². The van der Waals surface area contributed by atoms with Gasteiger partial charge in [0, 0.05) is 11.3 Å². The molecule has 3 aromatic rings. The highest BCUT2D eigenvalue weighted by atomic mass is 32.1. The van der Waals surface area contributed by atoms with Crippen molar-refractivity contribution in [2.75, 3.05) is 5.32 Å². The number of amides is 2. The lowest BCUT2D eigenvalue weighted by molar-refractivity contribution is 0.0938. The number of anilines is 1. The van der Waals surface area contributed by atoms with Crippen LogP contribution in [-0.4, -0.2) is 22.0 Å². The Bertz CT molecular complexity index is 940. The Morgan fingerprint density at radius 3 is 2.52 bits per heavy atom. The molecule has 0 radical (unpaired) electrons. The Balaban J connectivity index is 1.67. The highest BCUT2D eigenvalue weighted by molar-refractivity contribution is 7.13. The van der Waals surface area contributed by atoms with Crippen LogP contribution in [0.4, 0.5) is 5.69 Å². The maximum absolute atomic E-state index is 12.5. The minimum absolute atomic E-state index is 0.120. The van der Waals surface area contributed by atoms with Crippen LogP contribution in [0.1, 0.15) is 50.6 Å². The molecule has 7 heteroatoms. The highest BCUT2D eigenvalue weighted by Crippen LogP contribution is 2.17. The summed E-state index contributed by atoms with van der Waals surface area (Å²) in [4.78, 5) is 24.8. The fourth-order valence-electron chi connectivity index (χ4n) is 2.52. The van der Waals surface area contributed by atoms with Crippen LogP contribution in [0.5, 0.6) is 0 Å². The van der Waals surface area contributed by atoms with Gasteiger partial charge in [-0.2, -0.15) is 0 Å². The number of carbonyl (C=O) groups is 2. The van der Waals surface area contributed by atoms with Gasteiger partial charge < -0.3 is 10.6 Å². The van der Waals surface area contributed by atoms with Gasteiger partial charge in [0.05, 0.1) is 6.04 Å². The third kappa shape index (κ3) is 4.77. The fourth-order valence-corrected chi connectivity index (χ4v) is 3.19. The van der Waals surface area contributed by atoms with Crippen molar-refractivity contribution in [3.63, 3.8) is 0 Å². The monoisotopic (exact) mass is 380 g/mol. The Kier molecular flexibility index (Phi) is 5.93. The molecular formula is C20H20N4O2S. The Labute approximate surface area is 161 Å². The summed E-state index contributed by atoms with van der Waals surface area (Å²) in [5.41, 5.74) is 2.04. The van der Waals surface area contributed by atoms with E-state index >= 15 is 0 Å². The number of nitrogens with zero attached hydrogens (tertiary/aromatic N) is 2. The molecule has 138 valence electrons. The van der Waals surface area contributed by atoms with Crippen molar-refractivity contribution in [1.29, 1.82) is 0 Å². The van der Waals surface area contributed by atoms with Crippen LogP contribution in [0.15, 0.2) is 54.6 Å². The molecule has 1 heterocycles. The number of aromatic nitrogens is 2. The lowest BCUT2D eigenvalue weighted by Gasteiger charge is -2.14. The van der Waals surface area contributed by atoms with Gasteiger partial charge in [0.1, 0.15) is 5.01 Å². The molecule has 0 aliphatic rings. The predicted molar refractivity (Wildman–Crippen MR) is 106 cm³/mol. The number of hydrogen-bond donors (Lipinski definition) is 2. The van der Waals surface area contributed by atoms with Gasteiger partial charge in [0.2, 0.25) is 5.01 Å². The van der Waals surface area contributed by atoms with Gasteiger partial charge in [-0.3, -0.25) is 9.59 Å². The molecule has 1 aromatic heterocycles. The molecule has 2 N–H and O–H groups in total. The van der Waals surface area contributed by atoms with Crippen LogP contribution in [0.25, 0.3) is 0 Å². The number of aryl methyl sites for hydroxylation is 1. The molecule has 1 atom stereocenters. The molecule has 2 aromatic carbocycles. The molecule has 0 saturated heterocycles. The minimum Gasteiger partial charge on any atom is -0.346 e. The normalized spacial score (nSPS) is 11.6. The Morgan fingerprint density at radius 2 is 1.81 bits per heavy atom. The van der Waals surface area contributed by atoms with Crippen LogP contribution in [-0.2, 0) is 6.42 Å². The lowest BCUT2D eigenvalue weighted by Crippen LogP contribution is -2.26. The summed E-state index contributed by atoms with van der Waals surface area (Å²) in [7, 11) is 0. The molecule has 0 fully saturated rings. The molecule has 1 unspecified atom stereocenters. The second-order valence-electron chi connectivity index (χ2n) is 6.00. The van der Waals surface area contributed by atoms with E-state index in [1.165, 1.54) is 11.3 Å². The summed E-state index contributed by atoms with van der Waals surface area (Å²) in [5, 5.41) is 14.7. The number of nitrogens with one attached hydrogen (secondary N) is 2. The number of benzene rings is 2. The van der Waals surface area contributed by atoms with E-state index < -0.39 is 0 Å². The quantitative estimate of drug-likeness (QED) is 0.680. The molecule has 0 saturated carbocycles. The second kappa shape index (κ2) is 8.55. The second-order valence-corrected chi connectivity index (χ2v) is 7.06. The summed E-state index contributed by atoms with van der Waals surface area (Å²) in [6.45, 7) is 3.89. The fraction of sp³-hybridized carbons (Fsp3) is 0.200. The largest absolute Gasteiger partial charge is 0.346 e. The van der Waals surface area contributed by atoms with Gasteiger partial charge in [0.25, 0.3) is 11.8 Å². The number of carbonyl (C=O) groups excluding carboxylic acids is 2. The van der Waals surface area contributed by atoms with Crippen molar-refractivity contribution < 1.29 is 9.59 Å². The van der Waals surface area contributed by atoms with E-state index in [9.17, 15) is 9.59 Å². The minimum atomic E-state index is -0.331. The Morgan fingerprint density at radius 1 is 1.04 bits per heavy atom. The topological polar surface area (TPSA) is 84.0 Å². The predicted octanol–water partition coefficient (Wildman–Crippen LogP) is 3.84. The summed E-state index contributed by atoms with van der Waals surface area (Å²) < 4.78 is 0. The van der Waals surface area contributed by atoms with E-state index in [0.29, 0.717) is 16.3 Å². The molecule has 0 bridgehead atoms. The first-order valence-electron chi connectivity index (χ1n) is 8.66. The summed E-state index contributed by atoms with van der Waals surface area (Å²) in [6, 6.07) is 16.4. The van der Waals surface area contributed by atoms with E-state index in [1.54, 1.807) is 24.3 Å². The van der Waals surface area contributed by atoms with Crippen molar-refractivity contribution in [2.45, 2.75) is 26.3 Å². The van der Waals surface area contributed by atoms with Crippen LogP contribution >= 0.6 is 11.3 Å². The van der Waals surface area contributed by atoms with Crippen molar-refractivity contribution in [1.82, 2.24) is 15.5 Å². The standard InChI is InChI=1S/C20H20N4O2S/c1-3-17-23-24-20(27-17)19(26)22-16-11-7-10-15(12-16)18(25)21-13(2)14-8-5-4-6-9-14/h4-13H,3H2,1-2H3,(H,21,25)(H,22,26). The SMILES string of the molecule is CCc1nnc(C(=O)Nc2cccc(C(=O)NC(C)c3ccccc3)c2)s1. The zero-order valence-electron chi connectivity index (χ0n) is 15.1. The molecule has 27 heavy (non-hydrogen) atoms. The van der Waals surface area contributed by atoms with Crippen molar-refractivity contribution in [3.8, 4) is 0 Å². The van der Waals surface area contributed by atoms with Crippen LogP contribution in [0, 0.1) is 0 Å². The maximum atomic E-state index is 12.5. The first kappa shape index (κ1) is 18.7. The van der Waals surface area contributed by atoms with E-state index in [0.717, 1.165) is 17.0 Å². The summed E-state index contributed by atoms with van der Waals surface area (Å²) >= 11 is 1.26. The van der Waals surface area contributed by atoms with Gasteiger partial charge in [-0.15, -0.1) is 10.2 Å². The molecule has 0 aliphatic carbocycles.